The second-order valence-electron chi connectivity index (χ2n) is 7.05. The Labute approximate surface area is 164 Å². The fourth-order valence-electron chi connectivity index (χ4n) is 3.63. The van der Waals surface area contributed by atoms with Crippen LogP contribution in [0.5, 0.6) is 5.75 Å². The maximum atomic E-state index is 13.0. The molecule has 1 aliphatic rings. The second-order valence-corrected chi connectivity index (χ2v) is 7.05. The van der Waals surface area contributed by atoms with Crippen molar-refractivity contribution in [3.63, 3.8) is 0 Å². The first-order valence-corrected chi connectivity index (χ1v) is 9.48. The minimum Gasteiger partial charge on any atom is -0.497 e. The molecular formula is C22H25NO5. The topological polar surface area (TPSA) is 72.9 Å². The number of methoxy groups -OCH3 is 2. The lowest BCUT2D eigenvalue weighted by Gasteiger charge is -2.32. The highest BCUT2D eigenvalue weighted by molar-refractivity contribution is 6.01. The summed E-state index contributed by atoms with van der Waals surface area (Å²) in [7, 11) is 2.93. The van der Waals surface area contributed by atoms with Gasteiger partial charge in [0, 0.05) is 31.0 Å². The number of Topliss-reactive ketones (excluding diaryl/α,β-unsaturated/α-hetero) is 1. The van der Waals surface area contributed by atoms with Gasteiger partial charge in [-0.1, -0.05) is 18.2 Å². The van der Waals surface area contributed by atoms with E-state index in [0.29, 0.717) is 18.7 Å². The van der Waals surface area contributed by atoms with Crippen LogP contribution < -0.4 is 4.74 Å². The van der Waals surface area contributed by atoms with E-state index >= 15 is 0 Å². The lowest BCUT2D eigenvalue weighted by molar-refractivity contribution is -0.144. The van der Waals surface area contributed by atoms with Gasteiger partial charge in [0.15, 0.2) is 5.78 Å². The average molecular weight is 383 g/mol. The van der Waals surface area contributed by atoms with Crippen LogP contribution >= 0.6 is 0 Å². The van der Waals surface area contributed by atoms with E-state index in [2.05, 4.69) is 4.74 Å². The van der Waals surface area contributed by atoms with Crippen LogP contribution in [0.3, 0.4) is 0 Å². The lowest BCUT2D eigenvalue weighted by Crippen LogP contribution is -2.42. The zero-order chi connectivity index (χ0) is 20.1. The number of fused-ring (bicyclic) bond motifs is 1. The standard InChI is InChI=1S/C22H25NO5/c1-27-19-8-7-15-12-17(6-5-16(15)13-19)22(26)18-4-3-11-23(14-18)20(24)9-10-21(25)28-2/h5-8,12-13,18H,3-4,9-11,14H2,1-2H3/t18-/m0/s1. The van der Waals surface area contributed by atoms with Crippen LogP contribution in [0.4, 0.5) is 0 Å². The van der Waals surface area contributed by atoms with Crippen molar-refractivity contribution in [2.45, 2.75) is 25.7 Å². The summed E-state index contributed by atoms with van der Waals surface area (Å²) in [5.74, 6) is 0.119. The Hall–Kier alpha value is -2.89. The molecule has 1 fully saturated rings. The van der Waals surface area contributed by atoms with E-state index in [9.17, 15) is 14.4 Å². The van der Waals surface area contributed by atoms with E-state index in [1.165, 1.54) is 7.11 Å². The van der Waals surface area contributed by atoms with Crippen LogP contribution in [0.25, 0.3) is 10.8 Å². The van der Waals surface area contributed by atoms with E-state index in [4.69, 9.17) is 4.74 Å². The third kappa shape index (κ3) is 4.50. The van der Waals surface area contributed by atoms with Crippen molar-refractivity contribution >= 4 is 28.4 Å². The smallest absolute Gasteiger partial charge is 0.306 e. The molecule has 0 radical (unpaired) electrons. The maximum absolute atomic E-state index is 13.0. The zero-order valence-electron chi connectivity index (χ0n) is 16.3. The molecule has 2 aromatic rings. The summed E-state index contributed by atoms with van der Waals surface area (Å²) >= 11 is 0. The number of rotatable bonds is 6. The highest BCUT2D eigenvalue weighted by Crippen LogP contribution is 2.26. The van der Waals surface area contributed by atoms with Crippen LogP contribution in [-0.4, -0.2) is 49.9 Å². The van der Waals surface area contributed by atoms with Crippen molar-refractivity contribution in [2.24, 2.45) is 5.92 Å². The summed E-state index contributed by atoms with van der Waals surface area (Å²) < 4.78 is 9.82. The number of likely N-dealkylation sites (tertiary alicyclic amines) is 1. The Bertz CT molecular complexity index is 892. The molecule has 0 unspecified atom stereocenters. The van der Waals surface area contributed by atoms with Crippen LogP contribution in [0.2, 0.25) is 0 Å². The molecule has 0 N–H and O–H groups in total. The SMILES string of the molecule is COC(=O)CCC(=O)N1CCC[C@H](C(=O)c2ccc3cc(OC)ccc3c2)C1. The Morgan fingerprint density at radius 1 is 1.04 bits per heavy atom. The van der Waals surface area contributed by atoms with Gasteiger partial charge < -0.3 is 14.4 Å². The third-order valence-corrected chi connectivity index (χ3v) is 5.25. The van der Waals surface area contributed by atoms with E-state index in [1.807, 2.05) is 36.4 Å². The molecular weight excluding hydrogens is 358 g/mol. The zero-order valence-corrected chi connectivity index (χ0v) is 16.3. The summed E-state index contributed by atoms with van der Waals surface area (Å²) in [4.78, 5) is 38.3. The summed E-state index contributed by atoms with van der Waals surface area (Å²) in [5, 5.41) is 1.99. The number of esters is 1. The highest BCUT2D eigenvalue weighted by atomic mass is 16.5. The number of ketones is 1. The third-order valence-electron chi connectivity index (χ3n) is 5.25. The molecule has 0 saturated carbocycles. The Balaban J connectivity index is 1.68. The van der Waals surface area contributed by atoms with Crippen LogP contribution in [0, 0.1) is 5.92 Å². The number of nitrogens with zero attached hydrogens (tertiary/aromatic N) is 1. The van der Waals surface area contributed by atoms with Crippen molar-refractivity contribution in [1.82, 2.24) is 4.90 Å². The lowest BCUT2D eigenvalue weighted by atomic mass is 9.89. The number of ether oxygens (including phenoxy) is 2. The summed E-state index contributed by atoms with van der Waals surface area (Å²) in [6, 6.07) is 11.4. The van der Waals surface area contributed by atoms with Gasteiger partial charge in [-0.2, -0.15) is 0 Å². The predicted octanol–water partition coefficient (Wildman–Crippen LogP) is 3.22. The first-order chi connectivity index (χ1) is 13.5. The van der Waals surface area contributed by atoms with Gasteiger partial charge >= 0.3 is 5.97 Å². The molecule has 1 aliphatic heterocycles. The molecule has 1 saturated heterocycles. The van der Waals surface area contributed by atoms with Crippen molar-refractivity contribution in [3.8, 4) is 5.75 Å². The monoisotopic (exact) mass is 383 g/mol. The molecule has 0 bridgehead atoms. The Morgan fingerprint density at radius 2 is 1.79 bits per heavy atom. The van der Waals surface area contributed by atoms with Gasteiger partial charge in [-0.05, 0) is 41.8 Å². The largest absolute Gasteiger partial charge is 0.497 e. The Morgan fingerprint density at radius 3 is 2.54 bits per heavy atom. The van der Waals surface area contributed by atoms with E-state index in [-0.39, 0.29) is 30.4 Å². The molecule has 1 heterocycles. The maximum Gasteiger partial charge on any atom is 0.306 e. The van der Waals surface area contributed by atoms with Gasteiger partial charge in [0.05, 0.1) is 20.6 Å². The van der Waals surface area contributed by atoms with Crippen LogP contribution in [0.1, 0.15) is 36.0 Å². The number of carbonyl (C=O) groups excluding carboxylic acids is 3. The molecule has 0 spiro atoms. The minimum absolute atomic E-state index is 0.0585. The van der Waals surface area contributed by atoms with E-state index < -0.39 is 5.97 Å². The summed E-state index contributed by atoms with van der Waals surface area (Å²) in [5.41, 5.74) is 0.659. The number of carbonyl (C=O) groups is 3. The number of hydrogen-bond acceptors (Lipinski definition) is 5. The molecule has 28 heavy (non-hydrogen) atoms. The first-order valence-electron chi connectivity index (χ1n) is 9.48. The van der Waals surface area contributed by atoms with Crippen LogP contribution in [0.15, 0.2) is 36.4 Å². The first kappa shape index (κ1) is 19.9. The van der Waals surface area contributed by atoms with Gasteiger partial charge in [-0.3, -0.25) is 14.4 Å². The molecule has 0 aliphatic carbocycles. The number of benzene rings is 2. The van der Waals surface area contributed by atoms with Crippen molar-refractivity contribution in [3.05, 3.63) is 42.0 Å². The Kier molecular flexibility index (Phi) is 6.29. The molecule has 148 valence electrons. The van der Waals surface area contributed by atoms with Crippen molar-refractivity contribution in [1.29, 1.82) is 0 Å². The summed E-state index contributed by atoms with van der Waals surface area (Å²) in [6.45, 7) is 1.03. The van der Waals surface area contributed by atoms with Crippen molar-refractivity contribution in [2.75, 3.05) is 27.3 Å². The van der Waals surface area contributed by atoms with Crippen molar-refractivity contribution < 1.29 is 23.9 Å². The predicted molar refractivity (Wildman–Crippen MR) is 105 cm³/mol. The second kappa shape index (κ2) is 8.87. The van der Waals surface area contributed by atoms with E-state index in [0.717, 1.165) is 29.4 Å². The molecule has 0 aromatic heterocycles. The normalized spacial score (nSPS) is 16.6. The number of amides is 1. The fraction of sp³-hybridized carbons (Fsp3) is 0.409. The van der Waals surface area contributed by atoms with Gasteiger partial charge in [0.2, 0.25) is 5.91 Å². The molecule has 6 heteroatoms. The minimum atomic E-state index is -0.397. The molecule has 1 atom stereocenters. The van der Waals surface area contributed by atoms with E-state index in [1.54, 1.807) is 12.0 Å². The fourth-order valence-corrected chi connectivity index (χ4v) is 3.63. The quantitative estimate of drug-likeness (QED) is 0.566. The molecule has 3 rings (SSSR count). The van der Waals surface area contributed by atoms with Gasteiger partial charge in [-0.25, -0.2) is 0 Å². The molecule has 2 aromatic carbocycles. The number of piperidine rings is 1. The van der Waals surface area contributed by atoms with Gasteiger partial charge in [0.25, 0.3) is 0 Å². The van der Waals surface area contributed by atoms with Gasteiger partial charge in [-0.15, -0.1) is 0 Å². The molecule has 6 nitrogen and oxygen atoms in total. The van der Waals surface area contributed by atoms with Gasteiger partial charge in [0.1, 0.15) is 5.75 Å². The van der Waals surface area contributed by atoms with Crippen LogP contribution in [-0.2, 0) is 14.3 Å². The average Bonchev–Trinajstić information content (AvgIpc) is 2.75. The highest BCUT2D eigenvalue weighted by Gasteiger charge is 2.29. The number of hydrogen-bond donors (Lipinski definition) is 0. The summed E-state index contributed by atoms with van der Waals surface area (Å²) in [6.07, 6.45) is 1.73. The molecule has 1 amide bonds.